The van der Waals surface area contributed by atoms with Crippen molar-refractivity contribution in [3.8, 4) is 39.9 Å². The summed E-state index contributed by atoms with van der Waals surface area (Å²) in [6.07, 6.45) is 0. The number of rotatable bonds is 10. The Morgan fingerprint density at radius 1 is 0.895 bits per heavy atom. The number of methoxy groups -OCH3 is 4. The van der Waals surface area contributed by atoms with E-state index < -0.39 is 13.6 Å². The highest BCUT2D eigenvalue weighted by Gasteiger charge is 2.25. The molecule has 0 saturated heterocycles. The van der Waals surface area contributed by atoms with Crippen LogP contribution >= 0.6 is 7.82 Å². The van der Waals surface area contributed by atoms with Crippen LogP contribution in [0.3, 0.4) is 0 Å². The van der Waals surface area contributed by atoms with Gasteiger partial charge in [-0.05, 0) is 41.5 Å². The maximum atomic E-state index is 13.9. The van der Waals surface area contributed by atoms with Crippen LogP contribution in [-0.4, -0.2) is 44.3 Å². The van der Waals surface area contributed by atoms with Crippen molar-refractivity contribution in [1.82, 2.24) is 4.98 Å². The summed E-state index contributed by atoms with van der Waals surface area (Å²) >= 11 is 0. The van der Waals surface area contributed by atoms with E-state index in [-0.39, 0.29) is 40.9 Å². The Hall–Kier alpha value is -4.02. The minimum atomic E-state index is -5.43. The van der Waals surface area contributed by atoms with E-state index in [1.54, 1.807) is 24.3 Å². The van der Waals surface area contributed by atoms with Gasteiger partial charge in [-0.2, -0.15) is 0 Å². The lowest BCUT2D eigenvalue weighted by Crippen LogP contribution is -2.18. The molecule has 4 rings (SSSR count). The van der Waals surface area contributed by atoms with E-state index in [2.05, 4.69) is 9.51 Å². The van der Waals surface area contributed by atoms with E-state index in [0.29, 0.717) is 33.3 Å². The first-order chi connectivity index (χ1) is 18.1. The predicted octanol–water partition coefficient (Wildman–Crippen LogP) is 2.80. The molecule has 0 saturated carbocycles. The average Bonchev–Trinajstić information content (AvgIpc) is 3.30. The highest BCUT2D eigenvalue weighted by Crippen LogP contribution is 2.44. The van der Waals surface area contributed by atoms with Crippen molar-refractivity contribution in [3.63, 3.8) is 0 Å². The largest absolute Gasteiger partial charge is 0.780 e. The number of nitrogens with one attached hydrogen (secondary N) is 1. The summed E-state index contributed by atoms with van der Waals surface area (Å²) < 4.78 is 37.3. The molecule has 2 N–H and O–H groups in total. The number of phosphoric acid groups is 1. The van der Waals surface area contributed by atoms with Gasteiger partial charge in [-0.15, -0.1) is 0 Å². The SMILES string of the molecule is COc1ccc(-c2c(C(=O)c3cc(OC)c(OC)c(OC)c3)[nH]c3cccc(CO)c23)cc1OP(=O)([O-])[O-]. The number of ether oxygens (including phenoxy) is 4. The average molecular weight is 541 g/mol. The van der Waals surface area contributed by atoms with Gasteiger partial charge < -0.3 is 47.9 Å². The Kier molecular flexibility index (Phi) is 7.66. The first kappa shape index (κ1) is 27.0. The number of H-pyrrole nitrogens is 1. The molecule has 11 nitrogen and oxygen atoms in total. The maximum absolute atomic E-state index is 13.9. The molecule has 12 heteroatoms. The fraction of sp³-hybridized carbons (Fsp3) is 0.192. The van der Waals surface area contributed by atoms with E-state index in [9.17, 15) is 24.3 Å². The van der Waals surface area contributed by atoms with Gasteiger partial charge in [-0.1, -0.05) is 18.2 Å². The summed E-state index contributed by atoms with van der Waals surface area (Å²) in [6, 6.07) is 12.4. The molecule has 0 unspecified atom stereocenters. The summed E-state index contributed by atoms with van der Waals surface area (Å²) in [6.45, 7) is -0.337. The third-order valence-corrected chi connectivity index (χ3v) is 6.32. The maximum Gasteiger partial charge on any atom is 0.210 e. The van der Waals surface area contributed by atoms with E-state index >= 15 is 0 Å². The second-order valence-electron chi connectivity index (χ2n) is 8.02. The predicted molar refractivity (Wildman–Crippen MR) is 134 cm³/mol. The molecule has 0 amide bonds. The van der Waals surface area contributed by atoms with Crippen LogP contribution in [0, 0.1) is 0 Å². The number of aromatic amines is 1. The number of ketones is 1. The summed E-state index contributed by atoms with van der Waals surface area (Å²) in [5.74, 6) is 0.0376. The second kappa shape index (κ2) is 10.8. The van der Waals surface area contributed by atoms with Crippen molar-refractivity contribution in [2.75, 3.05) is 28.4 Å². The molecule has 38 heavy (non-hydrogen) atoms. The van der Waals surface area contributed by atoms with Crippen LogP contribution in [0.5, 0.6) is 28.7 Å². The number of aliphatic hydroxyl groups excluding tert-OH is 1. The fourth-order valence-corrected chi connectivity index (χ4v) is 4.68. The van der Waals surface area contributed by atoms with E-state index in [4.69, 9.17) is 18.9 Å². The Balaban J connectivity index is 2.00. The van der Waals surface area contributed by atoms with Gasteiger partial charge in [0.15, 0.2) is 23.0 Å². The van der Waals surface area contributed by atoms with Crippen molar-refractivity contribution < 1.29 is 47.7 Å². The molecular formula is C26H24NO10P-2. The number of fused-ring (bicyclic) bond motifs is 1. The third-order valence-electron chi connectivity index (χ3n) is 5.90. The Bertz CT molecular complexity index is 1530. The highest BCUT2D eigenvalue weighted by atomic mass is 31.2. The van der Waals surface area contributed by atoms with Gasteiger partial charge >= 0.3 is 0 Å². The molecule has 1 heterocycles. The van der Waals surface area contributed by atoms with Crippen molar-refractivity contribution in [1.29, 1.82) is 0 Å². The number of hydrogen-bond donors (Lipinski definition) is 2. The van der Waals surface area contributed by atoms with Gasteiger partial charge in [0.1, 0.15) is 7.82 Å². The normalized spacial score (nSPS) is 11.3. The van der Waals surface area contributed by atoms with Gasteiger partial charge in [-0.3, -0.25) is 4.79 Å². The van der Waals surface area contributed by atoms with Crippen LogP contribution in [-0.2, 0) is 11.2 Å². The van der Waals surface area contributed by atoms with E-state index in [0.717, 1.165) is 0 Å². The minimum Gasteiger partial charge on any atom is -0.780 e. The summed E-state index contributed by atoms with van der Waals surface area (Å²) in [5, 5.41) is 10.6. The number of aliphatic hydroxyl groups is 1. The Morgan fingerprint density at radius 2 is 1.55 bits per heavy atom. The number of carbonyl (C=O) groups is 1. The van der Waals surface area contributed by atoms with Gasteiger partial charge in [0.25, 0.3) is 0 Å². The van der Waals surface area contributed by atoms with Crippen molar-refractivity contribution in [3.05, 3.63) is 65.4 Å². The van der Waals surface area contributed by atoms with Gasteiger partial charge in [0.05, 0.1) is 40.7 Å². The monoisotopic (exact) mass is 541 g/mol. The zero-order valence-corrected chi connectivity index (χ0v) is 21.8. The molecule has 0 aliphatic carbocycles. The zero-order chi connectivity index (χ0) is 27.6. The van der Waals surface area contributed by atoms with Gasteiger partial charge in [-0.25, -0.2) is 0 Å². The summed E-state index contributed by atoms with van der Waals surface area (Å²) in [7, 11) is 0.162. The van der Waals surface area contributed by atoms with E-state index in [1.165, 1.54) is 52.7 Å². The minimum absolute atomic E-state index is 0.000372. The lowest BCUT2D eigenvalue weighted by molar-refractivity contribution is -0.333. The van der Waals surface area contributed by atoms with Crippen LogP contribution in [0.25, 0.3) is 22.0 Å². The number of benzene rings is 3. The second-order valence-corrected chi connectivity index (χ2v) is 9.10. The molecule has 1 aromatic heterocycles. The molecule has 0 aliphatic rings. The molecule has 0 fully saturated rings. The molecular weight excluding hydrogens is 517 g/mol. The number of phosphoric ester groups is 1. The van der Waals surface area contributed by atoms with Crippen LogP contribution < -0.4 is 33.3 Å². The molecule has 200 valence electrons. The number of hydrogen-bond acceptors (Lipinski definition) is 10. The molecule has 0 bridgehead atoms. The lowest BCUT2D eigenvalue weighted by Gasteiger charge is -2.29. The Labute approximate surface area is 217 Å². The van der Waals surface area contributed by atoms with Gasteiger partial charge in [0, 0.05) is 22.0 Å². The van der Waals surface area contributed by atoms with Crippen LogP contribution in [0.15, 0.2) is 48.5 Å². The van der Waals surface area contributed by atoms with Gasteiger partial charge in [0.2, 0.25) is 11.5 Å². The standard InChI is InChI=1S/C26H26NO10P/c1-33-18-9-8-14(10-19(18)37-38(30,31)32)23-22-15(13-28)6-5-7-17(22)27-24(23)25(29)16-11-20(34-2)26(36-4)21(12-16)35-3/h5-12,27-28H,13H2,1-4H3,(H2,30,31,32)/p-2. The van der Waals surface area contributed by atoms with Crippen molar-refractivity contribution in [2.45, 2.75) is 6.61 Å². The third kappa shape index (κ3) is 5.05. The van der Waals surface area contributed by atoms with Crippen molar-refractivity contribution in [2.24, 2.45) is 0 Å². The van der Waals surface area contributed by atoms with Crippen LogP contribution in [0.4, 0.5) is 0 Å². The van der Waals surface area contributed by atoms with Crippen LogP contribution in [0.2, 0.25) is 0 Å². The summed E-state index contributed by atoms with van der Waals surface area (Å²) in [4.78, 5) is 39.8. The molecule has 0 radical (unpaired) electrons. The lowest BCUT2D eigenvalue weighted by atomic mass is 9.95. The van der Waals surface area contributed by atoms with Crippen molar-refractivity contribution >= 4 is 24.5 Å². The molecule has 0 aliphatic heterocycles. The molecule has 3 aromatic carbocycles. The molecule has 4 aromatic rings. The van der Waals surface area contributed by atoms with Crippen LogP contribution in [0.1, 0.15) is 21.6 Å². The summed E-state index contributed by atoms with van der Waals surface area (Å²) in [5.41, 5.74) is 2.05. The highest BCUT2D eigenvalue weighted by molar-refractivity contribution is 7.43. The topological polar surface area (TPSA) is 162 Å². The molecule has 0 spiro atoms. The fourth-order valence-electron chi connectivity index (χ4n) is 4.29. The number of carbonyl (C=O) groups excluding carboxylic acids is 1. The zero-order valence-electron chi connectivity index (χ0n) is 20.9. The first-order valence-corrected chi connectivity index (χ1v) is 12.6. The molecule has 0 atom stereocenters. The quantitative estimate of drug-likeness (QED) is 0.225. The van der Waals surface area contributed by atoms with E-state index in [1.807, 2.05) is 0 Å². The smallest absolute Gasteiger partial charge is 0.210 e. The Morgan fingerprint density at radius 3 is 2.11 bits per heavy atom. The number of aromatic nitrogens is 1. The first-order valence-electron chi connectivity index (χ1n) is 11.1.